The predicted octanol–water partition coefficient (Wildman–Crippen LogP) is 4.36. The van der Waals surface area contributed by atoms with E-state index in [1.807, 2.05) is 18.2 Å². The van der Waals surface area contributed by atoms with Gasteiger partial charge >= 0.3 is 0 Å². The largest absolute Gasteiger partial charge is 0.493 e. The van der Waals surface area contributed by atoms with Crippen molar-refractivity contribution in [2.24, 2.45) is 5.73 Å². The molecule has 1 aliphatic rings. The Morgan fingerprint density at radius 2 is 2.09 bits per heavy atom. The van der Waals surface area contributed by atoms with Crippen molar-refractivity contribution >= 4 is 29.3 Å². The van der Waals surface area contributed by atoms with Crippen LogP contribution >= 0.6 is 12.4 Å². The van der Waals surface area contributed by atoms with Crippen LogP contribution in [0.4, 0.5) is 4.39 Å². The molecule has 1 amide bonds. The Bertz CT molecular complexity index is 1100. The molecule has 0 spiro atoms. The fourth-order valence-electron chi connectivity index (χ4n) is 4.36. The third-order valence-electron chi connectivity index (χ3n) is 5.90. The van der Waals surface area contributed by atoms with E-state index in [2.05, 4.69) is 11.8 Å². The van der Waals surface area contributed by atoms with Gasteiger partial charge < -0.3 is 19.6 Å². The lowest BCUT2D eigenvalue weighted by Crippen LogP contribution is -2.45. The van der Waals surface area contributed by atoms with E-state index in [4.69, 9.17) is 19.6 Å². The highest BCUT2D eigenvalue weighted by molar-refractivity contribution is 5.95. The van der Waals surface area contributed by atoms with Gasteiger partial charge in [0.1, 0.15) is 6.61 Å². The highest BCUT2D eigenvalue weighted by atomic mass is 35.5. The van der Waals surface area contributed by atoms with Gasteiger partial charge in [-0.25, -0.2) is 4.39 Å². The lowest BCUT2D eigenvalue weighted by Gasteiger charge is -2.35. The standard InChI is InChI=1S/C24H27FN2O4.ClH/c1-3-10-27(11-9-15-13-30-23-17(15)5-4-6-21(23)29-2)16-12-19-18(24(26)28)7-8-20(25)22(19)31-14-16;/h4-8,13,16H,3,9-12,14H2,1-2H3,(H2,26,28);1H. The number of rotatable bonds is 8. The number of fused-ring (bicyclic) bond motifs is 2. The number of hydrogen-bond donors (Lipinski definition) is 1. The molecule has 3 aromatic rings. The quantitative estimate of drug-likeness (QED) is 0.538. The lowest BCUT2D eigenvalue weighted by molar-refractivity contribution is 0.0986. The van der Waals surface area contributed by atoms with E-state index in [-0.39, 0.29) is 24.2 Å². The van der Waals surface area contributed by atoms with E-state index in [0.29, 0.717) is 29.9 Å². The first-order valence-electron chi connectivity index (χ1n) is 10.5. The van der Waals surface area contributed by atoms with Gasteiger partial charge in [0.05, 0.1) is 13.4 Å². The average molecular weight is 463 g/mol. The Morgan fingerprint density at radius 1 is 1.28 bits per heavy atom. The van der Waals surface area contributed by atoms with Crippen LogP contribution in [-0.2, 0) is 12.8 Å². The van der Waals surface area contributed by atoms with Gasteiger partial charge in [-0.05, 0) is 49.6 Å². The van der Waals surface area contributed by atoms with Crippen molar-refractivity contribution in [3.8, 4) is 11.5 Å². The van der Waals surface area contributed by atoms with Crippen LogP contribution < -0.4 is 15.2 Å². The second kappa shape index (κ2) is 10.2. The van der Waals surface area contributed by atoms with Crippen LogP contribution in [0.15, 0.2) is 41.0 Å². The molecular weight excluding hydrogens is 435 g/mol. The maximum atomic E-state index is 14.2. The fraction of sp³-hybridized carbons (Fsp3) is 0.375. The first kappa shape index (κ1) is 23.9. The molecular formula is C24H28ClFN2O4. The number of methoxy groups -OCH3 is 1. The van der Waals surface area contributed by atoms with Crippen LogP contribution in [0.5, 0.6) is 11.5 Å². The van der Waals surface area contributed by atoms with E-state index >= 15 is 0 Å². The molecule has 1 aliphatic heterocycles. The molecule has 6 nitrogen and oxygen atoms in total. The molecule has 8 heteroatoms. The van der Waals surface area contributed by atoms with Gasteiger partial charge in [0, 0.05) is 29.1 Å². The Morgan fingerprint density at radius 3 is 2.81 bits per heavy atom. The summed E-state index contributed by atoms with van der Waals surface area (Å²) >= 11 is 0. The summed E-state index contributed by atoms with van der Waals surface area (Å²) in [6.07, 6.45) is 4.06. The van der Waals surface area contributed by atoms with Crippen molar-refractivity contribution in [3.05, 3.63) is 59.1 Å². The summed E-state index contributed by atoms with van der Waals surface area (Å²) < 4.78 is 31.1. The number of hydrogen-bond acceptors (Lipinski definition) is 5. The molecule has 1 aromatic heterocycles. The van der Waals surface area contributed by atoms with Crippen LogP contribution in [0.3, 0.4) is 0 Å². The number of nitrogens with two attached hydrogens (primary N) is 1. The van der Waals surface area contributed by atoms with Crippen LogP contribution in [0.2, 0.25) is 0 Å². The lowest BCUT2D eigenvalue weighted by atomic mass is 9.95. The molecule has 0 radical (unpaired) electrons. The number of amides is 1. The predicted molar refractivity (Wildman–Crippen MR) is 123 cm³/mol. The molecule has 32 heavy (non-hydrogen) atoms. The fourth-order valence-corrected chi connectivity index (χ4v) is 4.36. The van der Waals surface area contributed by atoms with Crippen molar-refractivity contribution in [2.75, 3.05) is 26.8 Å². The number of furan rings is 1. The van der Waals surface area contributed by atoms with Crippen LogP contribution in [0.1, 0.15) is 34.8 Å². The molecule has 1 atom stereocenters. The number of para-hydroxylation sites is 1. The SMILES string of the molecule is CCCN(CCc1coc2c(OC)cccc12)C1COc2c(F)ccc(C(N)=O)c2C1.Cl. The highest BCUT2D eigenvalue weighted by Crippen LogP contribution is 2.33. The van der Waals surface area contributed by atoms with E-state index < -0.39 is 11.7 Å². The summed E-state index contributed by atoms with van der Waals surface area (Å²) in [5, 5.41) is 1.04. The minimum atomic E-state index is -0.568. The van der Waals surface area contributed by atoms with Crippen molar-refractivity contribution in [3.63, 3.8) is 0 Å². The monoisotopic (exact) mass is 462 g/mol. The van der Waals surface area contributed by atoms with Crippen molar-refractivity contribution in [1.29, 1.82) is 0 Å². The summed E-state index contributed by atoms with van der Waals surface area (Å²) in [5.41, 5.74) is 8.26. The number of carbonyl (C=O) groups excluding carboxylic acids is 1. The molecule has 2 aromatic carbocycles. The molecule has 0 bridgehead atoms. The van der Waals surface area contributed by atoms with Crippen molar-refractivity contribution < 1.29 is 23.1 Å². The zero-order valence-corrected chi connectivity index (χ0v) is 19.0. The number of halogens is 2. The Hall–Kier alpha value is -2.77. The maximum absolute atomic E-state index is 14.2. The van der Waals surface area contributed by atoms with Gasteiger partial charge in [-0.2, -0.15) is 0 Å². The van der Waals surface area contributed by atoms with E-state index in [1.54, 1.807) is 13.4 Å². The van der Waals surface area contributed by atoms with Gasteiger partial charge in [-0.1, -0.05) is 19.1 Å². The Kier molecular flexibility index (Phi) is 7.64. The van der Waals surface area contributed by atoms with E-state index in [9.17, 15) is 9.18 Å². The normalized spacial score (nSPS) is 15.2. The van der Waals surface area contributed by atoms with Crippen LogP contribution in [0, 0.1) is 5.82 Å². The molecule has 4 rings (SSSR count). The maximum Gasteiger partial charge on any atom is 0.249 e. The Balaban J connectivity index is 0.00000289. The van der Waals surface area contributed by atoms with Crippen molar-refractivity contribution in [2.45, 2.75) is 32.2 Å². The van der Waals surface area contributed by atoms with Crippen molar-refractivity contribution in [1.82, 2.24) is 4.90 Å². The smallest absolute Gasteiger partial charge is 0.249 e. The van der Waals surface area contributed by atoms with Crippen LogP contribution in [-0.4, -0.2) is 43.7 Å². The average Bonchev–Trinajstić information content (AvgIpc) is 3.19. The number of carbonyl (C=O) groups is 1. The zero-order chi connectivity index (χ0) is 22.0. The summed E-state index contributed by atoms with van der Waals surface area (Å²) in [6.45, 7) is 4.14. The van der Waals surface area contributed by atoms with Gasteiger partial charge in [-0.3, -0.25) is 9.69 Å². The number of nitrogens with zero attached hydrogens (tertiary/aromatic N) is 1. The number of benzene rings is 2. The van der Waals surface area contributed by atoms with Gasteiger partial charge in [0.25, 0.3) is 0 Å². The third kappa shape index (κ3) is 4.54. The number of primary amides is 1. The molecule has 2 N–H and O–H groups in total. The van der Waals surface area contributed by atoms with Gasteiger partial charge in [-0.15, -0.1) is 12.4 Å². The second-order valence-electron chi connectivity index (χ2n) is 7.82. The summed E-state index contributed by atoms with van der Waals surface area (Å²) in [4.78, 5) is 14.2. The molecule has 1 unspecified atom stereocenters. The number of ether oxygens (including phenoxy) is 2. The van der Waals surface area contributed by atoms with Gasteiger partial charge in [0.2, 0.25) is 5.91 Å². The molecule has 0 fully saturated rings. The summed E-state index contributed by atoms with van der Waals surface area (Å²) in [5.74, 6) is -0.162. The van der Waals surface area contributed by atoms with Gasteiger partial charge in [0.15, 0.2) is 22.9 Å². The molecule has 2 heterocycles. The molecule has 0 saturated carbocycles. The van der Waals surface area contributed by atoms with E-state index in [1.165, 1.54) is 12.1 Å². The summed E-state index contributed by atoms with van der Waals surface area (Å²) in [7, 11) is 1.63. The summed E-state index contributed by atoms with van der Waals surface area (Å²) in [6, 6.07) is 8.57. The Labute approximate surface area is 192 Å². The molecule has 172 valence electrons. The first-order valence-corrected chi connectivity index (χ1v) is 10.5. The first-order chi connectivity index (χ1) is 15.0. The minimum absolute atomic E-state index is 0. The molecule has 0 saturated heterocycles. The minimum Gasteiger partial charge on any atom is -0.493 e. The van der Waals surface area contributed by atoms with E-state index in [0.717, 1.165) is 42.5 Å². The topological polar surface area (TPSA) is 77.9 Å². The second-order valence-corrected chi connectivity index (χ2v) is 7.82. The molecule has 0 aliphatic carbocycles. The highest BCUT2D eigenvalue weighted by Gasteiger charge is 2.30. The zero-order valence-electron chi connectivity index (χ0n) is 18.2. The van der Waals surface area contributed by atoms with Crippen LogP contribution in [0.25, 0.3) is 11.0 Å². The third-order valence-corrected chi connectivity index (χ3v) is 5.90.